The second-order valence-electron chi connectivity index (χ2n) is 4.20. The van der Waals surface area contributed by atoms with Crippen LogP contribution in [0, 0.1) is 5.82 Å². The normalized spacial score (nSPS) is 10.8. The molecule has 0 aliphatic rings. The molecule has 90 valence electrons. The van der Waals surface area contributed by atoms with Crippen LogP contribution in [0.15, 0.2) is 36.7 Å². The van der Waals surface area contributed by atoms with Crippen LogP contribution in [0.4, 0.5) is 10.3 Å². The van der Waals surface area contributed by atoms with Gasteiger partial charge in [-0.15, -0.1) is 0 Å². The standard InChI is InChI=1S/C13H16FN3/c1-10(2)17-8-7-15-13(17)16-9-11-5-3-4-6-12(11)14/h3-8,10H,9H2,1-2H3,(H,15,16). The summed E-state index contributed by atoms with van der Waals surface area (Å²) in [4.78, 5) is 4.21. The van der Waals surface area contributed by atoms with Gasteiger partial charge in [-0.2, -0.15) is 0 Å². The summed E-state index contributed by atoms with van der Waals surface area (Å²) in [6.07, 6.45) is 3.65. The van der Waals surface area contributed by atoms with Gasteiger partial charge in [-0.3, -0.25) is 0 Å². The van der Waals surface area contributed by atoms with Crippen LogP contribution < -0.4 is 5.32 Å². The van der Waals surface area contributed by atoms with E-state index in [2.05, 4.69) is 24.1 Å². The van der Waals surface area contributed by atoms with Gasteiger partial charge in [0.25, 0.3) is 0 Å². The van der Waals surface area contributed by atoms with Crippen molar-refractivity contribution in [3.8, 4) is 0 Å². The summed E-state index contributed by atoms with van der Waals surface area (Å²) in [6, 6.07) is 7.08. The maximum atomic E-state index is 13.4. The van der Waals surface area contributed by atoms with Crippen molar-refractivity contribution in [2.45, 2.75) is 26.4 Å². The first-order valence-corrected chi connectivity index (χ1v) is 5.68. The van der Waals surface area contributed by atoms with Crippen molar-refractivity contribution in [3.05, 3.63) is 48.0 Å². The summed E-state index contributed by atoms with van der Waals surface area (Å²) in [5, 5.41) is 3.14. The summed E-state index contributed by atoms with van der Waals surface area (Å²) >= 11 is 0. The van der Waals surface area contributed by atoms with Gasteiger partial charge >= 0.3 is 0 Å². The molecule has 1 aromatic carbocycles. The Hall–Kier alpha value is -1.84. The van der Waals surface area contributed by atoms with E-state index < -0.39 is 0 Å². The largest absolute Gasteiger partial charge is 0.351 e. The van der Waals surface area contributed by atoms with Gasteiger partial charge in [0.2, 0.25) is 5.95 Å². The molecule has 0 aliphatic heterocycles. The van der Waals surface area contributed by atoms with Crippen LogP contribution in [0.2, 0.25) is 0 Å². The van der Waals surface area contributed by atoms with Crippen molar-refractivity contribution in [2.75, 3.05) is 5.32 Å². The van der Waals surface area contributed by atoms with Crippen LogP contribution in [-0.4, -0.2) is 9.55 Å². The lowest BCUT2D eigenvalue weighted by Crippen LogP contribution is -2.09. The molecule has 0 radical (unpaired) electrons. The summed E-state index contributed by atoms with van der Waals surface area (Å²) < 4.78 is 15.4. The van der Waals surface area contributed by atoms with Gasteiger partial charge in [-0.05, 0) is 19.9 Å². The van der Waals surface area contributed by atoms with Gasteiger partial charge in [-0.25, -0.2) is 9.37 Å². The Balaban J connectivity index is 2.08. The third-order valence-corrected chi connectivity index (χ3v) is 2.62. The van der Waals surface area contributed by atoms with Crippen LogP contribution in [0.25, 0.3) is 0 Å². The van der Waals surface area contributed by atoms with E-state index in [0.29, 0.717) is 18.2 Å². The quantitative estimate of drug-likeness (QED) is 0.878. The zero-order chi connectivity index (χ0) is 12.3. The van der Waals surface area contributed by atoms with Crippen LogP contribution >= 0.6 is 0 Å². The van der Waals surface area contributed by atoms with Gasteiger partial charge in [0.1, 0.15) is 5.82 Å². The highest BCUT2D eigenvalue weighted by Gasteiger charge is 2.06. The molecule has 4 heteroatoms. The maximum Gasteiger partial charge on any atom is 0.203 e. The zero-order valence-corrected chi connectivity index (χ0v) is 10.0. The number of anilines is 1. The molecule has 1 aromatic heterocycles. The van der Waals surface area contributed by atoms with Crippen LogP contribution in [-0.2, 0) is 6.54 Å². The molecule has 1 heterocycles. The Morgan fingerprint density at radius 1 is 1.35 bits per heavy atom. The molecule has 0 saturated carbocycles. The highest BCUT2D eigenvalue weighted by molar-refractivity contribution is 5.29. The molecule has 0 atom stereocenters. The lowest BCUT2D eigenvalue weighted by Gasteiger charge is -2.12. The smallest absolute Gasteiger partial charge is 0.203 e. The fourth-order valence-corrected chi connectivity index (χ4v) is 1.68. The minimum absolute atomic E-state index is 0.192. The molecular formula is C13H16FN3. The first-order valence-electron chi connectivity index (χ1n) is 5.68. The lowest BCUT2D eigenvalue weighted by atomic mass is 10.2. The molecule has 2 aromatic rings. The third kappa shape index (κ3) is 2.64. The minimum Gasteiger partial charge on any atom is -0.351 e. The van der Waals surface area contributed by atoms with Gasteiger partial charge in [0.05, 0.1) is 0 Å². The highest BCUT2D eigenvalue weighted by atomic mass is 19.1. The van der Waals surface area contributed by atoms with E-state index >= 15 is 0 Å². The first-order chi connectivity index (χ1) is 8.18. The number of halogens is 1. The van der Waals surface area contributed by atoms with Crippen LogP contribution in [0.3, 0.4) is 0 Å². The van der Waals surface area contributed by atoms with Crippen molar-refractivity contribution >= 4 is 5.95 Å². The first kappa shape index (κ1) is 11.6. The molecule has 3 nitrogen and oxygen atoms in total. The molecule has 0 fully saturated rings. The van der Waals surface area contributed by atoms with Crippen molar-refractivity contribution < 1.29 is 4.39 Å². The molecule has 0 aliphatic carbocycles. The number of aromatic nitrogens is 2. The molecular weight excluding hydrogens is 217 g/mol. The molecule has 0 bridgehead atoms. The summed E-state index contributed by atoms with van der Waals surface area (Å²) in [5.41, 5.74) is 0.644. The number of hydrogen-bond acceptors (Lipinski definition) is 2. The van der Waals surface area contributed by atoms with Crippen LogP contribution in [0.5, 0.6) is 0 Å². The Kier molecular flexibility index (Phi) is 3.42. The second kappa shape index (κ2) is 4.99. The second-order valence-corrected chi connectivity index (χ2v) is 4.20. The number of imidazole rings is 1. The average molecular weight is 233 g/mol. The fraction of sp³-hybridized carbons (Fsp3) is 0.308. The monoisotopic (exact) mass is 233 g/mol. The number of nitrogens with zero attached hydrogens (tertiary/aromatic N) is 2. The van der Waals surface area contributed by atoms with E-state index in [1.807, 2.05) is 16.8 Å². The van der Waals surface area contributed by atoms with Crippen LogP contribution in [0.1, 0.15) is 25.5 Å². The van der Waals surface area contributed by atoms with Gasteiger partial charge in [0, 0.05) is 30.5 Å². The predicted octanol–water partition coefficient (Wildman–Crippen LogP) is 3.22. The van der Waals surface area contributed by atoms with Crippen molar-refractivity contribution in [1.29, 1.82) is 0 Å². The summed E-state index contributed by atoms with van der Waals surface area (Å²) in [6.45, 7) is 4.60. The fourth-order valence-electron chi connectivity index (χ4n) is 1.68. The zero-order valence-electron chi connectivity index (χ0n) is 10.0. The van der Waals surface area contributed by atoms with E-state index in [1.54, 1.807) is 18.3 Å². The van der Waals surface area contributed by atoms with E-state index in [-0.39, 0.29) is 5.82 Å². The number of nitrogens with one attached hydrogen (secondary N) is 1. The number of rotatable bonds is 4. The minimum atomic E-state index is -0.192. The van der Waals surface area contributed by atoms with E-state index in [9.17, 15) is 4.39 Å². The Morgan fingerprint density at radius 3 is 2.82 bits per heavy atom. The van der Waals surface area contributed by atoms with E-state index in [4.69, 9.17) is 0 Å². The van der Waals surface area contributed by atoms with E-state index in [1.165, 1.54) is 6.07 Å². The van der Waals surface area contributed by atoms with E-state index in [0.717, 1.165) is 5.95 Å². The van der Waals surface area contributed by atoms with Crippen molar-refractivity contribution in [3.63, 3.8) is 0 Å². The molecule has 0 amide bonds. The molecule has 17 heavy (non-hydrogen) atoms. The molecule has 0 saturated heterocycles. The third-order valence-electron chi connectivity index (χ3n) is 2.62. The number of hydrogen-bond donors (Lipinski definition) is 1. The average Bonchev–Trinajstić information content (AvgIpc) is 2.76. The SMILES string of the molecule is CC(C)n1ccnc1NCc1ccccc1F. The Morgan fingerprint density at radius 2 is 2.12 bits per heavy atom. The molecule has 0 unspecified atom stereocenters. The highest BCUT2D eigenvalue weighted by Crippen LogP contribution is 2.14. The van der Waals surface area contributed by atoms with Gasteiger partial charge in [-0.1, -0.05) is 18.2 Å². The Labute approximate surface area is 100 Å². The van der Waals surface area contributed by atoms with Gasteiger partial charge < -0.3 is 9.88 Å². The van der Waals surface area contributed by atoms with Crippen molar-refractivity contribution in [2.24, 2.45) is 0 Å². The van der Waals surface area contributed by atoms with Gasteiger partial charge in [0.15, 0.2) is 0 Å². The molecule has 0 spiro atoms. The maximum absolute atomic E-state index is 13.4. The summed E-state index contributed by atoms with van der Waals surface area (Å²) in [7, 11) is 0. The topological polar surface area (TPSA) is 29.9 Å². The molecule has 1 N–H and O–H groups in total. The van der Waals surface area contributed by atoms with Crippen molar-refractivity contribution in [1.82, 2.24) is 9.55 Å². The number of benzene rings is 1. The summed E-state index contributed by atoms with van der Waals surface area (Å²) in [5.74, 6) is 0.575. The Bertz CT molecular complexity index is 491. The molecule has 2 rings (SSSR count). The lowest BCUT2D eigenvalue weighted by molar-refractivity contribution is 0.599. The predicted molar refractivity (Wildman–Crippen MR) is 66.3 cm³/mol.